The Morgan fingerprint density at radius 1 is 1.47 bits per heavy atom. The van der Waals surface area contributed by atoms with Crippen molar-refractivity contribution in [3.05, 3.63) is 12.3 Å². The first-order valence-corrected chi connectivity index (χ1v) is 6.79. The van der Waals surface area contributed by atoms with Gasteiger partial charge in [0.25, 0.3) is 0 Å². The predicted octanol–water partition coefficient (Wildman–Crippen LogP) is 1.01. The van der Waals surface area contributed by atoms with Crippen molar-refractivity contribution in [2.24, 2.45) is 7.05 Å². The number of aromatic nitrogens is 5. The molecule has 0 aliphatic carbocycles. The molecule has 0 atom stereocenters. The standard InChI is InChI=1S/C10H16N6S/c1-15-8(4-5-12-15)9-10(11)13-14-16(9)6-3-7-17-2/h4-5H,3,6-7,11H2,1-2H3. The van der Waals surface area contributed by atoms with Crippen LogP contribution in [0.3, 0.4) is 0 Å². The zero-order chi connectivity index (χ0) is 12.3. The second kappa shape index (κ2) is 5.22. The first-order valence-electron chi connectivity index (χ1n) is 5.40. The van der Waals surface area contributed by atoms with Crippen molar-refractivity contribution in [3.8, 4) is 11.4 Å². The average molecular weight is 252 g/mol. The Bertz CT molecular complexity index is 489. The lowest BCUT2D eigenvalue weighted by Crippen LogP contribution is -2.06. The third-order valence-electron chi connectivity index (χ3n) is 2.54. The number of nitrogens with two attached hydrogens (primary N) is 1. The van der Waals surface area contributed by atoms with Crippen molar-refractivity contribution < 1.29 is 0 Å². The molecule has 2 N–H and O–H groups in total. The summed E-state index contributed by atoms with van der Waals surface area (Å²) in [5.74, 6) is 1.56. The van der Waals surface area contributed by atoms with Crippen LogP contribution in [0, 0.1) is 0 Å². The first-order chi connectivity index (χ1) is 8.24. The van der Waals surface area contributed by atoms with Gasteiger partial charge in [-0.3, -0.25) is 4.68 Å². The zero-order valence-electron chi connectivity index (χ0n) is 10.00. The Hall–Kier alpha value is -1.50. The van der Waals surface area contributed by atoms with E-state index in [4.69, 9.17) is 5.73 Å². The van der Waals surface area contributed by atoms with Crippen molar-refractivity contribution in [1.29, 1.82) is 0 Å². The zero-order valence-corrected chi connectivity index (χ0v) is 10.8. The summed E-state index contributed by atoms with van der Waals surface area (Å²) in [6.45, 7) is 0.825. The Morgan fingerprint density at radius 3 is 2.94 bits per heavy atom. The summed E-state index contributed by atoms with van der Waals surface area (Å²) in [6, 6.07) is 1.92. The van der Waals surface area contributed by atoms with E-state index in [1.807, 2.05) is 29.6 Å². The van der Waals surface area contributed by atoms with Crippen LogP contribution in [-0.2, 0) is 13.6 Å². The highest BCUT2D eigenvalue weighted by Crippen LogP contribution is 2.23. The minimum absolute atomic E-state index is 0.456. The quantitative estimate of drug-likeness (QED) is 0.804. The second-order valence-electron chi connectivity index (χ2n) is 3.73. The Kier molecular flexibility index (Phi) is 3.68. The molecule has 2 rings (SSSR count). The topological polar surface area (TPSA) is 74.6 Å². The molecule has 6 nitrogen and oxygen atoms in total. The normalized spacial score (nSPS) is 10.9. The fourth-order valence-electron chi connectivity index (χ4n) is 1.71. The SMILES string of the molecule is CSCCCn1nnc(N)c1-c1ccnn1C. The highest BCUT2D eigenvalue weighted by Gasteiger charge is 2.14. The van der Waals surface area contributed by atoms with Crippen LogP contribution in [0.1, 0.15) is 6.42 Å². The van der Waals surface area contributed by atoms with Gasteiger partial charge in [-0.2, -0.15) is 16.9 Å². The van der Waals surface area contributed by atoms with Crippen LogP contribution in [0.25, 0.3) is 11.4 Å². The van der Waals surface area contributed by atoms with Crippen LogP contribution in [0.5, 0.6) is 0 Å². The Labute approximate surface area is 104 Å². The van der Waals surface area contributed by atoms with Gasteiger partial charge in [0.05, 0.1) is 5.69 Å². The molecule has 0 saturated carbocycles. The van der Waals surface area contributed by atoms with Gasteiger partial charge >= 0.3 is 0 Å². The third-order valence-corrected chi connectivity index (χ3v) is 3.24. The van der Waals surface area contributed by atoms with Crippen molar-refractivity contribution >= 4 is 17.6 Å². The number of anilines is 1. The maximum Gasteiger partial charge on any atom is 0.175 e. The van der Waals surface area contributed by atoms with E-state index in [2.05, 4.69) is 21.7 Å². The molecular formula is C10H16N6S. The van der Waals surface area contributed by atoms with Crippen molar-refractivity contribution in [2.45, 2.75) is 13.0 Å². The van der Waals surface area contributed by atoms with Gasteiger partial charge in [-0.05, 0) is 24.5 Å². The largest absolute Gasteiger partial charge is 0.380 e. The molecule has 2 aromatic rings. The van der Waals surface area contributed by atoms with Crippen molar-refractivity contribution in [1.82, 2.24) is 24.8 Å². The van der Waals surface area contributed by atoms with E-state index in [-0.39, 0.29) is 0 Å². The van der Waals surface area contributed by atoms with Crippen LogP contribution in [0.2, 0.25) is 0 Å². The molecule has 7 heteroatoms. The van der Waals surface area contributed by atoms with E-state index in [1.54, 1.807) is 10.9 Å². The molecular weight excluding hydrogens is 236 g/mol. The van der Waals surface area contributed by atoms with Gasteiger partial charge < -0.3 is 5.73 Å². The maximum atomic E-state index is 5.86. The van der Waals surface area contributed by atoms with Crippen LogP contribution >= 0.6 is 11.8 Å². The molecule has 2 aromatic heterocycles. The maximum absolute atomic E-state index is 5.86. The highest BCUT2D eigenvalue weighted by molar-refractivity contribution is 7.98. The van der Waals surface area contributed by atoms with Crippen LogP contribution in [0.15, 0.2) is 12.3 Å². The molecule has 0 unspecified atom stereocenters. The van der Waals surface area contributed by atoms with Crippen molar-refractivity contribution in [2.75, 3.05) is 17.7 Å². The van der Waals surface area contributed by atoms with E-state index < -0.39 is 0 Å². The first kappa shape index (κ1) is 12.0. The molecule has 0 aliphatic heterocycles. The minimum Gasteiger partial charge on any atom is -0.380 e. The lowest BCUT2D eigenvalue weighted by Gasteiger charge is -2.06. The Balaban J connectivity index is 2.27. The molecule has 0 saturated heterocycles. The molecule has 0 spiro atoms. The summed E-state index contributed by atoms with van der Waals surface area (Å²) in [4.78, 5) is 0. The lowest BCUT2D eigenvalue weighted by molar-refractivity contribution is 0.584. The van der Waals surface area contributed by atoms with Gasteiger partial charge in [0.15, 0.2) is 5.82 Å². The van der Waals surface area contributed by atoms with Crippen LogP contribution < -0.4 is 5.73 Å². The highest BCUT2D eigenvalue weighted by atomic mass is 32.2. The van der Waals surface area contributed by atoms with Gasteiger partial charge in [0, 0.05) is 19.8 Å². The number of nitrogen functional groups attached to an aromatic ring is 1. The minimum atomic E-state index is 0.456. The number of thioether (sulfide) groups is 1. The van der Waals surface area contributed by atoms with Gasteiger partial charge in [-0.1, -0.05) is 5.21 Å². The molecule has 0 aromatic carbocycles. The molecule has 2 heterocycles. The summed E-state index contributed by atoms with van der Waals surface area (Å²) >= 11 is 1.82. The molecule has 17 heavy (non-hydrogen) atoms. The van der Waals surface area contributed by atoms with Gasteiger partial charge in [0.1, 0.15) is 5.69 Å². The third kappa shape index (κ3) is 2.44. The summed E-state index contributed by atoms with van der Waals surface area (Å²) in [6.07, 6.45) is 4.89. The Morgan fingerprint density at radius 2 is 2.29 bits per heavy atom. The molecule has 92 valence electrons. The van der Waals surface area contributed by atoms with Gasteiger partial charge in [-0.15, -0.1) is 5.10 Å². The van der Waals surface area contributed by atoms with E-state index >= 15 is 0 Å². The fraction of sp³-hybridized carbons (Fsp3) is 0.500. The molecule has 0 aliphatic rings. The second-order valence-corrected chi connectivity index (χ2v) is 4.72. The number of rotatable bonds is 5. The average Bonchev–Trinajstić information content (AvgIpc) is 2.86. The fourth-order valence-corrected chi connectivity index (χ4v) is 2.13. The smallest absolute Gasteiger partial charge is 0.175 e. The summed E-state index contributed by atoms with van der Waals surface area (Å²) in [5, 5.41) is 12.2. The van der Waals surface area contributed by atoms with Crippen LogP contribution in [0.4, 0.5) is 5.82 Å². The molecule has 0 bridgehead atoms. The van der Waals surface area contributed by atoms with Gasteiger partial charge in [-0.25, -0.2) is 4.68 Å². The number of nitrogens with zero attached hydrogens (tertiary/aromatic N) is 5. The predicted molar refractivity (Wildman–Crippen MR) is 69.6 cm³/mol. The van der Waals surface area contributed by atoms with E-state index in [9.17, 15) is 0 Å². The van der Waals surface area contributed by atoms with E-state index in [0.717, 1.165) is 30.1 Å². The van der Waals surface area contributed by atoms with Crippen LogP contribution in [-0.4, -0.2) is 36.8 Å². The summed E-state index contributed by atoms with van der Waals surface area (Å²) < 4.78 is 3.63. The monoisotopic (exact) mass is 252 g/mol. The van der Waals surface area contributed by atoms with Crippen molar-refractivity contribution in [3.63, 3.8) is 0 Å². The molecule has 0 radical (unpaired) electrons. The molecule has 0 amide bonds. The van der Waals surface area contributed by atoms with Gasteiger partial charge in [0.2, 0.25) is 0 Å². The summed E-state index contributed by atoms with van der Waals surface area (Å²) in [7, 11) is 1.88. The molecule has 0 fully saturated rings. The number of aryl methyl sites for hydroxylation is 2. The van der Waals surface area contributed by atoms with E-state index in [0.29, 0.717) is 5.82 Å². The number of hydrogen-bond donors (Lipinski definition) is 1. The van der Waals surface area contributed by atoms with E-state index in [1.165, 1.54) is 0 Å². The summed E-state index contributed by atoms with van der Waals surface area (Å²) in [5.41, 5.74) is 7.66. The number of hydrogen-bond acceptors (Lipinski definition) is 5. The lowest BCUT2D eigenvalue weighted by atomic mass is 10.3.